The van der Waals surface area contributed by atoms with E-state index >= 15 is 0 Å². The summed E-state index contributed by atoms with van der Waals surface area (Å²) in [5.74, 6) is 0. The maximum atomic E-state index is 4.03. The maximum absolute atomic E-state index is 4.03. The summed E-state index contributed by atoms with van der Waals surface area (Å²) in [5.41, 5.74) is 2.43. The van der Waals surface area contributed by atoms with E-state index in [1.165, 1.54) is 18.4 Å². The van der Waals surface area contributed by atoms with E-state index in [4.69, 9.17) is 0 Å². The SMILES string of the molecule is CCCC(C)NC(C)c1cn[nH]c1C. The highest BCUT2D eigenvalue weighted by Gasteiger charge is 2.11. The number of hydrogen-bond donors (Lipinski definition) is 2. The Morgan fingerprint density at radius 1 is 1.50 bits per heavy atom. The summed E-state index contributed by atoms with van der Waals surface area (Å²) < 4.78 is 0. The van der Waals surface area contributed by atoms with Crippen molar-refractivity contribution in [2.24, 2.45) is 0 Å². The zero-order chi connectivity index (χ0) is 10.6. The molecule has 3 heteroatoms. The number of nitrogens with one attached hydrogen (secondary N) is 2. The van der Waals surface area contributed by atoms with Crippen LogP contribution in [-0.2, 0) is 0 Å². The van der Waals surface area contributed by atoms with Crippen molar-refractivity contribution in [3.63, 3.8) is 0 Å². The minimum Gasteiger partial charge on any atom is -0.308 e. The molecule has 0 fully saturated rings. The fourth-order valence-corrected chi connectivity index (χ4v) is 1.83. The van der Waals surface area contributed by atoms with Gasteiger partial charge in [0.05, 0.1) is 6.20 Å². The van der Waals surface area contributed by atoms with Crippen molar-refractivity contribution >= 4 is 0 Å². The van der Waals surface area contributed by atoms with Crippen LogP contribution in [0.15, 0.2) is 6.20 Å². The van der Waals surface area contributed by atoms with Crippen LogP contribution in [0.2, 0.25) is 0 Å². The van der Waals surface area contributed by atoms with Gasteiger partial charge in [-0.3, -0.25) is 5.10 Å². The lowest BCUT2D eigenvalue weighted by atomic mass is 10.1. The standard InChI is InChI=1S/C11H21N3/c1-5-6-8(2)13-9(3)11-7-12-14-10(11)4/h7-9,13H,5-6H2,1-4H3,(H,12,14). The largest absolute Gasteiger partial charge is 0.308 e. The number of H-pyrrole nitrogens is 1. The van der Waals surface area contributed by atoms with Gasteiger partial charge in [-0.15, -0.1) is 0 Å². The molecule has 80 valence electrons. The second-order valence-corrected chi connectivity index (χ2v) is 4.03. The van der Waals surface area contributed by atoms with Crippen LogP contribution in [0.3, 0.4) is 0 Å². The van der Waals surface area contributed by atoms with E-state index in [9.17, 15) is 0 Å². The highest BCUT2D eigenvalue weighted by molar-refractivity contribution is 5.18. The second-order valence-electron chi connectivity index (χ2n) is 4.03. The lowest BCUT2D eigenvalue weighted by Crippen LogP contribution is -2.28. The van der Waals surface area contributed by atoms with Gasteiger partial charge in [0, 0.05) is 23.3 Å². The van der Waals surface area contributed by atoms with E-state index in [-0.39, 0.29) is 0 Å². The molecule has 1 aromatic rings. The van der Waals surface area contributed by atoms with Crippen LogP contribution in [-0.4, -0.2) is 16.2 Å². The minimum absolute atomic E-state index is 0.385. The first-order valence-corrected chi connectivity index (χ1v) is 5.41. The van der Waals surface area contributed by atoms with E-state index < -0.39 is 0 Å². The fraction of sp³-hybridized carbons (Fsp3) is 0.727. The number of aromatic nitrogens is 2. The number of rotatable bonds is 5. The Hall–Kier alpha value is -0.830. The van der Waals surface area contributed by atoms with Crippen LogP contribution < -0.4 is 5.32 Å². The average molecular weight is 195 g/mol. The molecule has 1 aromatic heterocycles. The Labute approximate surface area is 86.3 Å². The normalized spacial score (nSPS) is 15.4. The smallest absolute Gasteiger partial charge is 0.0537 e. The molecule has 0 saturated heterocycles. The minimum atomic E-state index is 0.385. The Bertz CT molecular complexity index is 267. The van der Waals surface area contributed by atoms with Gasteiger partial charge in [-0.25, -0.2) is 0 Å². The third kappa shape index (κ3) is 2.84. The van der Waals surface area contributed by atoms with E-state index in [1.807, 2.05) is 6.20 Å². The summed E-state index contributed by atoms with van der Waals surface area (Å²) in [6.07, 6.45) is 4.36. The van der Waals surface area contributed by atoms with E-state index in [0.29, 0.717) is 12.1 Å². The van der Waals surface area contributed by atoms with Crippen molar-refractivity contribution in [2.45, 2.75) is 52.6 Å². The first-order chi connectivity index (χ1) is 6.65. The van der Waals surface area contributed by atoms with Gasteiger partial charge in [0.2, 0.25) is 0 Å². The van der Waals surface area contributed by atoms with Gasteiger partial charge in [-0.2, -0.15) is 5.10 Å². The molecular formula is C11H21N3. The Balaban J connectivity index is 2.50. The molecule has 3 nitrogen and oxygen atoms in total. The molecule has 1 heterocycles. The van der Waals surface area contributed by atoms with Gasteiger partial charge in [-0.1, -0.05) is 13.3 Å². The highest BCUT2D eigenvalue weighted by atomic mass is 15.1. The lowest BCUT2D eigenvalue weighted by molar-refractivity contribution is 0.452. The van der Waals surface area contributed by atoms with Crippen molar-refractivity contribution in [2.75, 3.05) is 0 Å². The summed E-state index contributed by atoms with van der Waals surface area (Å²) in [6.45, 7) is 8.69. The predicted molar refractivity (Wildman–Crippen MR) is 59.2 cm³/mol. The monoisotopic (exact) mass is 195 g/mol. The molecule has 0 aliphatic rings. The first kappa shape index (κ1) is 11.2. The topological polar surface area (TPSA) is 40.7 Å². The molecular weight excluding hydrogens is 174 g/mol. The van der Waals surface area contributed by atoms with Crippen molar-refractivity contribution in [3.8, 4) is 0 Å². The third-order valence-electron chi connectivity index (χ3n) is 2.59. The van der Waals surface area contributed by atoms with Crippen molar-refractivity contribution in [1.82, 2.24) is 15.5 Å². The summed E-state index contributed by atoms with van der Waals surface area (Å²) in [4.78, 5) is 0. The predicted octanol–water partition coefficient (Wildman–Crippen LogP) is 2.56. The third-order valence-corrected chi connectivity index (χ3v) is 2.59. The first-order valence-electron chi connectivity index (χ1n) is 5.41. The van der Waals surface area contributed by atoms with Gasteiger partial charge < -0.3 is 5.32 Å². The summed E-state index contributed by atoms with van der Waals surface area (Å²) in [7, 11) is 0. The van der Waals surface area contributed by atoms with Gasteiger partial charge in [-0.05, 0) is 27.2 Å². The molecule has 0 aliphatic heterocycles. The molecule has 2 unspecified atom stereocenters. The molecule has 0 aliphatic carbocycles. The maximum Gasteiger partial charge on any atom is 0.0537 e. The molecule has 0 radical (unpaired) electrons. The van der Waals surface area contributed by atoms with Crippen LogP contribution in [0.5, 0.6) is 0 Å². The number of aryl methyl sites for hydroxylation is 1. The quantitative estimate of drug-likeness (QED) is 0.758. The molecule has 2 N–H and O–H groups in total. The summed E-state index contributed by atoms with van der Waals surface area (Å²) in [6, 6.07) is 0.958. The lowest BCUT2D eigenvalue weighted by Gasteiger charge is -2.19. The summed E-state index contributed by atoms with van der Waals surface area (Å²) >= 11 is 0. The molecule has 0 saturated carbocycles. The van der Waals surface area contributed by atoms with Crippen LogP contribution in [0.1, 0.15) is 50.9 Å². The van der Waals surface area contributed by atoms with Gasteiger partial charge in [0.15, 0.2) is 0 Å². The molecule has 0 amide bonds. The number of nitrogens with zero attached hydrogens (tertiary/aromatic N) is 1. The van der Waals surface area contributed by atoms with Gasteiger partial charge >= 0.3 is 0 Å². The fourth-order valence-electron chi connectivity index (χ4n) is 1.83. The van der Waals surface area contributed by atoms with Crippen LogP contribution in [0.25, 0.3) is 0 Å². The molecule has 2 atom stereocenters. The zero-order valence-corrected chi connectivity index (χ0v) is 9.59. The summed E-state index contributed by atoms with van der Waals surface area (Å²) in [5, 5.41) is 10.6. The van der Waals surface area contributed by atoms with Crippen LogP contribution in [0, 0.1) is 6.92 Å². The highest BCUT2D eigenvalue weighted by Crippen LogP contribution is 2.15. The van der Waals surface area contributed by atoms with Crippen LogP contribution >= 0.6 is 0 Å². The van der Waals surface area contributed by atoms with E-state index in [2.05, 4.69) is 43.2 Å². The molecule has 0 spiro atoms. The number of hydrogen-bond acceptors (Lipinski definition) is 2. The van der Waals surface area contributed by atoms with E-state index in [1.54, 1.807) is 0 Å². The molecule has 14 heavy (non-hydrogen) atoms. The van der Waals surface area contributed by atoms with Crippen molar-refractivity contribution in [1.29, 1.82) is 0 Å². The van der Waals surface area contributed by atoms with Crippen LogP contribution in [0.4, 0.5) is 0 Å². The van der Waals surface area contributed by atoms with Crippen molar-refractivity contribution in [3.05, 3.63) is 17.5 Å². The van der Waals surface area contributed by atoms with Gasteiger partial charge in [0.1, 0.15) is 0 Å². The van der Waals surface area contributed by atoms with Crippen molar-refractivity contribution < 1.29 is 0 Å². The Morgan fingerprint density at radius 3 is 2.71 bits per heavy atom. The zero-order valence-electron chi connectivity index (χ0n) is 9.59. The van der Waals surface area contributed by atoms with Gasteiger partial charge in [0.25, 0.3) is 0 Å². The Kier molecular flexibility index (Phi) is 4.14. The Morgan fingerprint density at radius 2 is 2.21 bits per heavy atom. The van der Waals surface area contributed by atoms with E-state index in [0.717, 1.165) is 5.69 Å². The molecule has 0 aromatic carbocycles. The second kappa shape index (κ2) is 5.15. The molecule has 0 bridgehead atoms. The molecule has 1 rings (SSSR count). The number of aromatic amines is 1. The average Bonchev–Trinajstić information content (AvgIpc) is 2.51.